The first-order valence-corrected chi connectivity index (χ1v) is 11.8. The van der Waals surface area contributed by atoms with Crippen LogP contribution in [0, 0.1) is 18.3 Å². The van der Waals surface area contributed by atoms with Gasteiger partial charge in [-0.05, 0) is 25.5 Å². The molecule has 0 saturated heterocycles. The summed E-state index contributed by atoms with van der Waals surface area (Å²) in [5.41, 5.74) is 1.76. The Hall–Kier alpha value is -4.62. The fraction of sp³-hybridized carbons (Fsp3) is 0.259. The Labute approximate surface area is 214 Å². The molecule has 0 unspecified atom stereocenters. The van der Waals surface area contributed by atoms with Gasteiger partial charge < -0.3 is 20.5 Å². The summed E-state index contributed by atoms with van der Waals surface area (Å²) in [6, 6.07) is 11.3. The Morgan fingerprint density at radius 1 is 1.00 bits per heavy atom. The second-order valence-corrected chi connectivity index (χ2v) is 8.37. The van der Waals surface area contributed by atoms with Crippen LogP contribution in [0.3, 0.4) is 0 Å². The fourth-order valence-corrected chi connectivity index (χ4v) is 4.11. The van der Waals surface area contributed by atoms with Crippen LogP contribution in [0.4, 0.5) is 23.0 Å². The molecule has 0 atom stereocenters. The number of nitrogens with one attached hydrogen (secondary N) is 2. The van der Waals surface area contributed by atoms with Gasteiger partial charge in [0, 0.05) is 36.9 Å². The number of carbonyl (C=O) groups excluding carboxylic acids is 2. The maximum Gasteiger partial charge on any atom is 0.198 e. The molecule has 0 spiro atoms. The molecule has 0 fully saturated rings. The predicted molar refractivity (Wildman–Crippen MR) is 138 cm³/mol. The number of hydrogen-bond acceptors (Lipinski definition) is 10. The average molecular weight is 499 g/mol. The van der Waals surface area contributed by atoms with Gasteiger partial charge in [0.15, 0.2) is 17.4 Å². The lowest BCUT2D eigenvalue weighted by atomic mass is 9.83. The highest BCUT2D eigenvalue weighted by Gasteiger charge is 2.33. The molecule has 4 rings (SSSR count). The highest BCUT2D eigenvalue weighted by Crippen LogP contribution is 2.39. The molecular weight excluding hydrogens is 472 g/mol. The highest BCUT2D eigenvalue weighted by atomic mass is 16.5. The molecule has 1 heterocycles. The number of nitriles is 1. The zero-order valence-electron chi connectivity index (χ0n) is 20.8. The number of nitrogens with zero attached hydrogens (tertiary/aromatic N) is 4. The maximum absolute atomic E-state index is 13.3. The van der Waals surface area contributed by atoms with Crippen molar-refractivity contribution in [3.05, 3.63) is 69.8 Å². The van der Waals surface area contributed by atoms with E-state index in [0.717, 1.165) is 6.42 Å². The molecule has 1 aromatic heterocycles. The molecule has 37 heavy (non-hydrogen) atoms. The highest BCUT2D eigenvalue weighted by molar-refractivity contribution is 6.30. The third-order valence-corrected chi connectivity index (χ3v) is 5.95. The van der Waals surface area contributed by atoms with E-state index in [-0.39, 0.29) is 33.7 Å². The van der Waals surface area contributed by atoms with Crippen LogP contribution in [0.2, 0.25) is 0 Å². The van der Waals surface area contributed by atoms with Crippen LogP contribution >= 0.6 is 0 Å². The summed E-state index contributed by atoms with van der Waals surface area (Å²) in [6.45, 7) is 5.27. The molecule has 10 heteroatoms. The summed E-state index contributed by atoms with van der Waals surface area (Å²) in [6.07, 6.45) is 0.853. The van der Waals surface area contributed by atoms with E-state index in [1.165, 1.54) is 24.3 Å². The first kappa shape index (κ1) is 25.5. The summed E-state index contributed by atoms with van der Waals surface area (Å²) >= 11 is 0. The second kappa shape index (κ2) is 11.0. The van der Waals surface area contributed by atoms with Crippen LogP contribution in [0.15, 0.2) is 46.6 Å². The van der Waals surface area contributed by atoms with Crippen molar-refractivity contribution in [3.8, 4) is 11.8 Å². The number of methoxy groups -OCH3 is 1. The molecule has 2 aromatic carbocycles. The summed E-state index contributed by atoms with van der Waals surface area (Å²) in [5, 5.41) is 35.1. The number of phenols is 1. The standard InChI is InChI=1S/C27H26N6O4/c1-4-11-29-26-18(14-28)15(2)23(27(31-26)30-12-13-37-3)33-32-19-9-5-7-16-21(19)24(35)17-8-6-10-20(34)22(17)25(16)36/h5-10,34H,4,11-13H2,1-3H3,(H2,29,30,31)/b33-32+. The van der Waals surface area contributed by atoms with E-state index >= 15 is 0 Å². The summed E-state index contributed by atoms with van der Waals surface area (Å²) in [7, 11) is 1.59. The third kappa shape index (κ3) is 4.77. The fourth-order valence-electron chi connectivity index (χ4n) is 4.11. The number of aromatic hydroxyl groups is 1. The first-order chi connectivity index (χ1) is 17.9. The van der Waals surface area contributed by atoms with Crippen molar-refractivity contribution in [2.75, 3.05) is 37.4 Å². The predicted octanol–water partition coefficient (Wildman–Crippen LogP) is 5.04. The zero-order valence-corrected chi connectivity index (χ0v) is 20.8. The largest absolute Gasteiger partial charge is 0.507 e. The van der Waals surface area contributed by atoms with Crippen molar-refractivity contribution >= 4 is 34.6 Å². The molecule has 3 aromatic rings. The SMILES string of the molecule is CCCNc1nc(NCCOC)c(/N=N/c2cccc3c2C(=O)c2cccc(O)c2C3=O)c(C)c1C#N. The number of pyridine rings is 1. The Bertz CT molecular complexity index is 1460. The van der Waals surface area contributed by atoms with Gasteiger partial charge >= 0.3 is 0 Å². The number of rotatable bonds is 9. The van der Waals surface area contributed by atoms with E-state index in [2.05, 4.69) is 31.9 Å². The van der Waals surface area contributed by atoms with Gasteiger partial charge in [-0.15, -0.1) is 10.2 Å². The Kier molecular flexibility index (Phi) is 7.55. The molecule has 1 aliphatic rings. The normalized spacial score (nSPS) is 12.3. The number of carbonyl (C=O) groups is 2. The number of fused-ring (bicyclic) bond motifs is 2. The van der Waals surface area contributed by atoms with Crippen LogP contribution in [0.25, 0.3) is 0 Å². The van der Waals surface area contributed by atoms with E-state index in [0.29, 0.717) is 48.1 Å². The molecule has 1 aliphatic carbocycles. The van der Waals surface area contributed by atoms with Gasteiger partial charge in [0.2, 0.25) is 0 Å². The van der Waals surface area contributed by atoms with Crippen molar-refractivity contribution in [1.29, 1.82) is 5.26 Å². The number of azo groups is 1. The first-order valence-electron chi connectivity index (χ1n) is 11.8. The lowest BCUT2D eigenvalue weighted by Gasteiger charge is -2.19. The van der Waals surface area contributed by atoms with Crippen LogP contribution < -0.4 is 10.6 Å². The van der Waals surface area contributed by atoms with E-state index in [1.54, 1.807) is 26.2 Å². The molecule has 10 nitrogen and oxygen atoms in total. The number of benzene rings is 2. The smallest absolute Gasteiger partial charge is 0.198 e. The van der Waals surface area contributed by atoms with E-state index in [9.17, 15) is 20.0 Å². The summed E-state index contributed by atoms with van der Waals surface area (Å²) < 4.78 is 5.12. The molecule has 3 N–H and O–H groups in total. The van der Waals surface area contributed by atoms with E-state index in [4.69, 9.17) is 4.74 Å². The van der Waals surface area contributed by atoms with E-state index in [1.807, 2.05) is 6.92 Å². The molecule has 0 aliphatic heterocycles. The number of aromatic nitrogens is 1. The van der Waals surface area contributed by atoms with Crippen LogP contribution in [-0.4, -0.2) is 48.5 Å². The van der Waals surface area contributed by atoms with Gasteiger partial charge in [0.1, 0.15) is 23.3 Å². The summed E-state index contributed by atoms with van der Waals surface area (Å²) in [5.74, 6) is -0.297. The Morgan fingerprint density at radius 2 is 1.68 bits per heavy atom. The minimum absolute atomic E-state index is 0.0207. The van der Waals surface area contributed by atoms with Gasteiger partial charge in [-0.1, -0.05) is 31.2 Å². The van der Waals surface area contributed by atoms with Gasteiger partial charge in [-0.2, -0.15) is 5.26 Å². The van der Waals surface area contributed by atoms with Gasteiger partial charge in [-0.3, -0.25) is 9.59 Å². The minimum atomic E-state index is -0.461. The van der Waals surface area contributed by atoms with Crippen molar-refractivity contribution in [1.82, 2.24) is 4.98 Å². The summed E-state index contributed by atoms with van der Waals surface area (Å²) in [4.78, 5) is 31.0. The Morgan fingerprint density at radius 3 is 2.38 bits per heavy atom. The number of ketones is 2. The van der Waals surface area contributed by atoms with Gasteiger partial charge in [0.25, 0.3) is 0 Å². The van der Waals surface area contributed by atoms with Gasteiger partial charge in [0.05, 0.1) is 29.0 Å². The quantitative estimate of drug-likeness (QED) is 0.215. The van der Waals surface area contributed by atoms with Crippen molar-refractivity contribution in [2.24, 2.45) is 10.2 Å². The number of anilines is 2. The van der Waals surface area contributed by atoms with Gasteiger partial charge in [-0.25, -0.2) is 4.98 Å². The Balaban J connectivity index is 1.81. The lowest BCUT2D eigenvalue weighted by molar-refractivity contribution is 0.0977. The van der Waals surface area contributed by atoms with E-state index < -0.39 is 11.6 Å². The molecule has 0 bridgehead atoms. The third-order valence-electron chi connectivity index (χ3n) is 5.95. The zero-order chi connectivity index (χ0) is 26.5. The monoisotopic (exact) mass is 498 g/mol. The van der Waals surface area contributed by atoms with Crippen LogP contribution in [-0.2, 0) is 4.74 Å². The molecule has 0 radical (unpaired) electrons. The molecule has 0 saturated carbocycles. The maximum atomic E-state index is 13.3. The number of phenolic OH excluding ortho intramolecular Hbond substituents is 1. The average Bonchev–Trinajstić information content (AvgIpc) is 2.90. The number of ether oxygens (including phenoxy) is 1. The number of hydrogen-bond donors (Lipinski definition) is 3. The molecule has 188 valence electrons. The minimum Gasteiger partial charge on any atom is -0.507 e. The second-order valence-electron chi connectivity index (χ2n) is 8.37. The van der Waals surface area contributed by atoms with Crippen molar-refractivity contribution < 1.29 is 19.4 Å². The topological polar surface area (TPSA) is 149 Å². The molecule has 0 amide bonds. The van der Waals surface area contributed by atoms with Crippen LogP contribution in [0.5, 0.6) is 5.75 Å². The lowest BCUT2D eigenvalue weighted by Crippen LogP contribution is -2.21. The van der Waals surface area contributed by atoms with Crippen molar-refractivity contribution in [2.45, 2.75) is 20.3 Å². The van der Waals surface area contributed by atoms with Crippen LogP contribution in [0.1, 0.15) is 56.3 Å². The van der Waals surface area contributed by atoms with Crippen molar-refractivity contribution in [3.63, 3.8) is 0 Å². The molecular formula is C27H26N6O4.